The van der Waals surface area contributed by atoms with E-state index in [9.17, 15) is 9.59 Å². The zero-order chi connectivity index (χ0) is 21.0. The number of rotatable bonds is 7. The summed E-state index contributed by atoms with van der Waals surface area (Å²) in [6.45, 7) is 4.89. The Morgan fingerprint density at radius 3 is 2.62 bits per heavy atom. The fourth-order valence-electron chi connectivity index (χ4n) is 3.00. The monoisotopic (exact) mass is 397 g/mol. The number of nitrogens with zero attached hydrogens (tertiary/aromatic N) is 2. The normalized spacial score (nSPS) is 15.7. The summed E-state index contributed by atoms with van der Waals surface area (Å²) in [5, 5.41) is 2.82. The van der Waals surface area contributed by atoms with Crippen LogP contribution in [-0.2, 0) is 9.59 Å². The standard InChI is InChI=1S/C22H27N3O4/c1-15-5-8-18(9-6-15)28-14-21(26)23-17-7-10-20-19(13-17)25(12-11-24(3)4)22(27)16(2)29-20/h5-10,13,16H,11-12,14H2,1-4H3,(H,23,26). The molecule has 1 unspecified atom stereocenters. The van der Waals surface area contributed by atoms with Gasteiger partial charge in [0.05, 0.1) is 5.69 Å². The number of nitrogens with one attached hydrogen (secondary N) is 1. The van der Waals surface area contributed by atoms with Gasteiger partial charge in [-0.15, -0.1) is 0 Å². The van der Waals surface area contributed by atoms with Gasteiger partial charge in [0, 0.05) is 18.8 Å². The van der Waals surface area contributed by atoms with Crippen molar-refractivity contribution in [1.29, 1.82) is 0 Å². The van der Waals surface area contributed by atoms with Crippen molar-refractivity contribution in [2.45, 2.75) is 20.0 Å². The van der Waals surface area contributed by atoms with Gasteiger partial charge in [-0.25, -0.2) is 0 Å². The second-order valence-electron chi connectivity index (χ2n) is 7.39. The van der Waals surface area contributed by atoms with E-state index in [1.165, 1.54) is 0 Å². The third-order valence-corrected chi connectivity index (χ3v) is 4.61. The Morgan fingerprint density at radius 1 is 1.21 bits per heavy atom. The highest BCUT2D eigenvalue weighted by atomic mass is 16.5. The molecule has 0 saturated carbocycles. The molecular formula is C22H27N3O4. The Morgan fingerprint density at radius 2 is 1.93 bits per heavy atom. The number of hydrogen-bond donors (Lipinski definition) is 1. The van der Waals surface area contributed by atoms with Crippen LogP contribution in [0.5, 0.6) is 11.5 Å². The van der Waals surface area contributed by atoms with Crippen molar-refractivity contribution in [1.82, 2.24) is 4.90 Å². The lowest BCUT2D eigenvalue weighted by molar-refractivity contribution is -0.125. The first-order chi connectivity index (χ1) is 13.8. The molecule has 0 fully saturated rings. The minimum absolute atomic E-state index is 0.0921. The van der Waals surface area contributed by atoms with Crippen LogP contribution < -0.4 is 19.7 Å². The van der Waals surface area contributed by atoms with Gasteiger partial charge in [-0.1, -0.05) is 17.7 Å². The van der Waals surface area contributed by atoms with Crippen LogP contribution in [-0.4, -0.2) is 56.6 Å². The molecule has 0 aromatic heterocycles. The predicted octanol–water partition coefficient (Wildman–Crippen LogP) is 2.69. The maximum absolute atomic E-state index is 12.6. The van der Waals surface area contributed by atoms with Gasteiger partial charge in [0.2, 0.25) is 0 Å². The van der Waals surface area contributed by atoms with Crippen LogP contribution in [0.4, 0.5) is 11.4 Å². The molecule has 1 atom stereocenters. The zero-order valence-electron chi connectivity index (χ0n) is 17.3. The minimum Gasteiger partial charge on any atom is -0.484 e. The molecule has 0 bridgehead atoms. The molecule has 7 heteroatoms. The minimum atomic E-state index is -0.534. The van der Waals surface area contributed by atoms with E-state index < -0.39 is 6.10 Å². The maximum Gasteiger partial charge on any atom is 0.267 e. The van der Waals surface area contributed by atoms with E-state index in [0.29, 0.717) is 29.4 Å². The fraction of sp³-hybridized carbons (Fsp3) is 0.364. The Bertz CT molecular complexity index is 880. The molecule has 1 aliphatic heterocycles. The molecule has 29 heavy (non-hydrogen) atoms. The fourth-order valence-corrected chi connectivity index (χ4v) is 3.00. The largest absolute Gasteiger partial charge is 0.484 e. The van der Waals surface area contributed by atoms with Crippen molar-refractivity contribution in [2.75, 3.05) is 44.0 Å². The molecular weight excluding hydrogens is 370 g/mol. The van der Waals surface area contributed by atoms with Crippen LogP contribution in [0, 0.1) is 6.92 Å². The van der Waals surface area contributed by atoms with E-state index in [0.717, 1.165) is 12.1 Å². The first kappa shape index (κ1) is 20.7. The summed E-state index contributed by atoms with van der Waals surface area (Å²) in [5.41, 5.74) is 2.37. The van der Waals surface area contributed by atoms with Crippen molar-refractivity contribution < 1.29 is 19.1 Å². The summed E-state index contributed by atoms with van der Waals surface area (Å²) in [6.07, 6.45) is -0.534. The van der Waals surface area contributed by atoms with E-state index in [-0.39, 0.29) is 18.4 Å². The third-order valence-electron chi connectivity index (χ3n) is 4.61. The highest BCUT2D eigenvalue weighted by Crippen LogP contribution is 2.36. The van der Waals surface area contributed by atoms with Crippen molar-refractivity contribution in [2.24, 2.45) is 0 Å². The summed E-state index contributed by atoms with van der Waals surface area (Å²) in [4.78, 5) is 28.6. The van der Waals surface area contributed by atoms with E-state index >= 15 is 0 Å². The molecule has 2 aromatic rings. The van der Waals surface area contributed by atoms with Crippen molar-refractivity contribution in [3.63, 3.8) is 0 Å². The molecule has 0 spiro atoms. The molecule has 1 N–H and O–H groups in total. The van der Waals surface area contributed by atoms with E-state index in [1.54, 1.807) is 30.0 Å². The number of likely N-dealkylation sites (N-methyl/N-ethyl adjacent to an activating group) is 1. The zero-order valence-corrected chi connectivity index (χ0v) is 17.3. The van der Waals surface area contributed by atoms with Gasteiger partial charge in [0.1, 0.15) is 11.5 Å². The Labute approximate surface area is 171 Å². The summed E-state index contributed by atoms with van der Waals surface area (Å²) in [7, 11) is 3.92. The number of amides is 2. The summed E-state index contributed by atoms with van der Waals surface area (Å²) < 4.78 is 11.2. The molecule has 3 rings (SSSR count). The second kappa shape index (κ2) is 8.96. The van der Waals surface area contributed by atoms with E-state index in [1.807, 2.05) is 50.2 Å². The highest BCUT2D eigenvalue weighted by molar-refractivity contribution is 6.01. The quantitative estimate of drug-likeness (QED) is 0.778. The molecule has 7 nitrogen and oxygen atoms in total. The summed E-state index contributed by atoms with van der Waals surface area (Å²) in [6, 6.07) is 12.8. The molecule has 1 heterocycles. The molecule has 1 aliphatic rings. The van der Waals surface area contributed by atoms with Crippen molar-refractivity contribution in [3.05, 3.63) is 48.0 Å². The van der Waals surface area contributed by atoms with Crippen LogP contribution in [0.3, 0.4) is 0 Å². The van der Waals surface area contributed by atoms with Crippen LogP contribution in [0.2, 0.25) is 0 Å². The number of carbonyl (C=O) groups is 2. The number of carbonyl (C=O) groups excluding carboxylic acids is 2. The molecule has 0 radical (unpaired) electrons. The van der Waals surface area contributed by atoms with Gasteiger partial charge in [0.15, 0.2) is 12.7 Å². The second-order valence-corrected chi connectivity index (χ2v) is 7.39. The Kier molecular flexibility index (Phi) is 6.39. The van der Waals surface area contributed by atoms with Gasteiger partial charge in [0.25, 0.3) is 11.8 Å². The number of anilines is 2. The average Bonchev–Trinajstić information content (AvgIpc) is 2.68. The topological polar surface area (TPSA) is 71.1 Å². The molecule has 0 saturated heterocycles. The molecule has 2 aromatic carbocycles. The molecule has 2 amide bonds. The molecule has 154 valence electrons. The SMILES string of the molecule is Cc1ccc(OCC(=O)Nc2ccc3c(c2)N(CCN(C)C)C(=O)C(C)O3)cc1. The highest BCUT2D eigenvalue weighted by Gasteiger charge is 2.31. The van der Waals surface area contributed by atoms with E-state index in [4.69, 9.17) is 9.47 Å². The first-order valence-corrected chi connectivity index (χ1v) is 9.59. The van der Waals surface area contributed by atoms with Gasteiger partial charge in [-0.2, -0.15) is 0 Å². The van der Waals surface area contributed by atoms with Gasteiger partial charge < -0.3 is 24.6 Å². The Hall–Kier alpha value is -3.06. The smallest absolute Gasteiger partial charge is 0.267 e. The van der Waals surface area contributed by atoms with Gasteiger partial charge >= 0.3 is 0 Å². The van der Waals surface area contributed by atoms with Crippen LogP contribution in [0.15, 0.2) is 42.5 Å². The van der Waals surface area contributed by atoms with Gasteiger partial charge in [-0.3, -0.25) is 9.59 Å². The number of ether oxygens (including phenoxy) is 2. The Balaban J connectivity index is 1.68. The average molecular weight is 397 g/mol. The number of benzene rings is 2. The first-order valence-electron chi connectivity index (χ1n) is 9.59. The van der Waals surface area contributed by atoms with Crippen molar-refractivity contribution in [3.8, 4) is 11.5 Å². The lowest BCUT2D eigenvalue weighted by Crippen LogP contribution is -2.46. The third kappa shape index (κ3) is 5.26. The van der Waals surface area contributed by atoms with Crippen molar-refractivity contribution >= 4 is 23.2 Å². The summed E-state index contributed by atoms with van der Waals surface area (Å²) in [5.74, 6) is 0.899. The van der Waals surface area contributed by atoms with Crippen LogP contribution in [0.1, 0.15) is 12.5 Å². The van der Waals surface area contributed by atoms with Crippen LogP contribution in [0.25, 0.3) is 0 Å². The lowest BCUT2D eigenvalue weighted by Gasteiger charge is -2.34. The molecule has 0 aliphatic carbocycles. The number of aryl methyl sites for hydroxylation is 1. The predicted molar refractivity (Wildman–Crippen MR) is 113 cm³/mol. The lowest BCUT2D eigenvalue weighted by atomic mass is 10.1. The van der Waals surface area contributed by atoms with Gasteiger partial charge in [-0.05, 0) is 58.3 Å². The number of fused-ring (bicyclic) bond motifs is 1. The number of hydrogen-bond acceptors (Lipinski definition) is 5. The van der Waals surface area contributed by atoms with Crippen LogP contribution >= 0.6 is 0 Å². The van der Waals surface area contributed by atoms with E-state index in [2.05, 4.69) is 5.32 Å². The maximum atomic E-state index is 12.6. The summed E-state index contributed by atoms with van der Waals surface area (Å²) >= 11 is 0.